The Bertz CT molecular complexity index is 2870. The van der Waals surface area contributed by atoms with Crippen LogP contribution in [0, 0.1) is 16.2 Å². The molecule has 2 bridgehead atoms. The Morgan fingerprint density at radius 1 is 0.775 bits per heavy atom. The molecule has 3 aromatic carbocycles. The molecule has 22 heteroatoms. The van der Waals surface area contributed by atoms with E-state index in [-0.39, 0.29) is 16.4 Å². The molecule has 6 aliphatic rings. The van der Waals surface area contributed by atoms with Gasteiger partial charge in [-0.2, -0.15) is 13.2 Å². The van der Waals surface area contributed by atoms with Crippen molar-refractivity contribution in [2.24, 2.45) is 16.2 Å². The number of allylic oxidation sites excluding steroid dienone is 1. The molecule has 0 radical (unpaired) electrons. The number of alkyl carbamates (subject to hydrolysis) is 1. The molecule has 14 nitrogen and oxygen atoms in total. The van der Waals surface area contributed by atoms with Crippen molar-refractivity contribution in [2.75, 3.05) is 94.5 Å². The second-order valence-corrected chi connectivity index (χ2v) is 29.2. The van der Waals surface area contributed by atoms with Crippen molar-refractivity contribution < 1.29 is 53.1 Å². The highest BCUT2D eigenvalue weighted by Crippen LogP contribution is 2.79. The minimum absolute atomic E-state index is 0.0299. The lowest BCUT2D eigenvalue weighted by molar-refractivity contribution is -0.250. The first-order valence-electron chi connectivity index (χ1n) is 28.1. The van der Waals surface area contributed by atoms with Crippen molar-refractivity contribution in [3.8, 4) is 0 Å². The molecule has 2 heterocycles. The number of nitrogens with one attached hydrogen (secondary N) is 3. The highest BCUT2D eigenvalue weighted by molar-refractivity contribution is 7.99. The summed E-state index contributed by atoms with van der Waals surface area (Å²) in [6.45, 7) is 19.0. The maximum absolute atomic E-state index is 14.4. The second kappa shape index (κ2) is 25.2. The lowest BCUT2D eigenvalue weighted by atomic mass is 9.32. The van der Waals surface area contributed by atoms with E-state index in [1.807, 2.05) is 55.8 Å². The van der Waals surface area contributed by atoms with Gasteiger partial charge in [-0.05, 0) is 151 Å². The predicted molar refractivity (Wildman–Crippen MR) is 304 cm³/mol. The number of carbonyl (C=O) groups is 2. The zero-order valence-corrected chi connectivity index (χ0v) is 49.3. The average Bonchev–Trinajstić information content (AvgIpc) is 3.37. The lowest BCUT2D eigenvalue weighted by Gasteiger charge is -2.72. The van der Waals surface area contributed by atoms with Crippen molar-refractivity contribution in [1.29, 1.82) is 0 Å². The number of sulfonamides is 1. The number of hydrogen-bond donors (Lipinski definition) is 3. The van der Waals surface area contributed by atoms with E-state index in [0.29, 0.717) is 63.7 Å². The van der Waals surface area contributed by atoms with E-state index in [2.05, 4.69) is 44.1 Å². The molecule has 3 aromatic rings. The van der Waals surface area contributed by atoms with Crippen LogP contribution in [0.15, 0.2) is 98.6 Å². The summed E-state index contributed by atoms with van der Waals surface area (Å²) in [6, 6.07) is 17.6. The number of nitrogens with zero attached hydrogens (tertiary/aromatic N) is 4. The van der Waals surface area contributed by atoms with Gasteiger partial charge < -0.3 is 30.1 Å². The summed E-state index contributed by atoms with van der Waals surface area (Å²) in [4.78, 5) is 33.4. The fourth-order valence-corrected chi connectivity index (χ4v) is 15.2. The summed E-state index contributed by atoms with van der Waals surface area (Å²) >= 11 is 1.45. The Kier molecular flexibility index (Phi) is 19.4. The molecule has 2 aliphatic heterocycles. The number of carbonyl (C=O) groups excluding carboxylic acids is 2. The molecular weight excluding hydrogens is 1100 g/mol. The van der Waals surface area contributed by atoms with Gasteiger partial charge in [-0.15, -0.1) is 11.8 Å². The number of ether oxygens (including phenoxy) is 1. The minimum Gasteiger partial charge on any atom is -0.444 e. The lowest BCUT2D eigenvalue weighted by Crippen LogP contribution is -2.66. The first-order chi connectivity index (χ1) is 37.6. The first-order valence-corrected chi connectivity index (χ1v) is 32.1. The van der Waals surface area contributed by atoms with Gasteiger partial charge in [0.2, 0.25) is 6.43 Å². The van der Waals surface area contributed by atoms with Gasteiger partial charge in [0.15, 0.2) is 0 Å². The number of anilines is 2. The van der Waals surface area contributed by atoms with Crippen molar-refractivity contribution in [1.82, 2.24) is 24.7 Å². The second-order valence-electron chi connectivity index (χ2n) is 24.5. The van der Waals surface area contributed by atoms with E-state index < -0.39 is 76.3 Å². The zero-order chi connectivity index (χ0) is 57.7. The van der Waals surface area contributed by atoms with Gasteiger partial charge in [-0.25, -0.2) is 35.1 Å². The quantitative estimate of drug-likeness (QED) is 0.0337. The molecular formula is C58H80F5N7O7S3. The number of unbranched alkanes of at least 4 members (excludes halogenated alkanes) is 3. The Balaban J connectivity index is 0.857. The smallest absolute Gasteiger partial charge is 0.444 e. The molecule has 9 rings (SSSR count). The molecule has 3 N–H and O–H groups in total. The largest absolute Gasteiger partial charge is 0.501 e. The summed E-state index contributed by atoms with van der Waals surface area (Å²) in [7, 11) is -11.0. The summed E-state index contributed by atoms with van der Waals surface area (Å²) in [6.07, 6.45) is 6.39. The van der Waals surface area contributed by atoms with Crippen LogP contribution in [0.3, 0.4) is 0 Å². The zero-order valence-electron chi connectivity index (χ0n) is 46.8. The van der Waals surface area contributed by atoms with Gasteiger partial charge in [-0.1, -0.05) is 56.0 Å². The van der Waals surface area contributed by atoms with Crippen molar-refractivity contribution >= 4 is 55.0 Å². The predicted octanol–water partition coefficient (Wildman–Crippen LogP) is 10.8. The SMILES string of the molecule is CC1(C)CCC(CN2CCN(c3ccc(C(=O)NS(=O)(=O)c4ccc(N[C@H](CCN5CCN(CCCCCCNC(=O)OC(C)(C)C)CC5)CSc5ccccc5)c(S(=O)(=O)C(F)(F)F)c4)cc3)CC2)=C(C23CC(C(F)F)(C2)C3)C1. The highest BCUT2D eigenvalue weighted by atomic mass is 32.2. The molecule has 5 fully saturated rings. The number of amides is 2. The average molecular weight is 1180 g/mol. The fraction of sp³-hybridized carbons (Fsp3) is 0.621. The molecule has 0 aromatic heterocycles. The normalized spacial score (nSPS) is 22.6. The van der Waals surface area contributed by atoms with Crippen LogP contribution in [0.2, 0.25) is 0 Å². The molecule has 0 unspecified atom stereocenters. The third-order valence-electron chi connectivity index (χ3n) is 16.6. The monoisotopic (exact) mass is 1180 g/mol. The number of alkyl halides is 5. The highest BCUT2D eigenvalue weighted by Gasteiger charge is 2.73. The standard InChI is InChI=1S/C58H80F5N7O7S3/c1-54(2,3)77-53(72)64-24-11-6-7-12-25-67-27-29-68(30-28-67)26-22-44(38-78-46-13-9-8-10-14-46)65-49-20-19-47(35-50(49)79(73,74)58(61,62)63)80(75,76)66-51(71)42-15-17-45(18-16-42)70-33-31-69(32-34-70)37-43-21-23-55(4,5)36-48(43)56-39-57(40-56,41-56)52(59)60/h8-10,13-20,35,44,52,65H,6-7,11-12,21-34,36-41H2,1-5H3,(H,64,72)(H,66,71)/t44-,56?,57?/m1/s1. The molecule has 2 saturated heterocycles. The summed E-state index contributed by atoms with van der Waals surface area (Å²) in [5, 5.41) is 5.84. The van der Waals surface area contributed by atoms with Crippen molar-refractivity contribution in [2.45, 2.75) is 144 Å². The molecule has 442 valence electrons. The third-order valence-corrected chi connectivity index (χ3v) is 20.6. The number of halogens is 5. The van der Waals surface area contributed by atoms with E-state index in [9.17, 15) is 48.4 Å². The van der Waals surface area contributed by atoms with Gasteiger partial charge in [-0.3, -0.25) is 9.69 Å². The van der Waals surface area contributed by atoms with E-state index >= 15 is 0 Å². The van der Waals surface area contributed by atoms with Crippen LogP contribution in [0.25, 0.3) is 0 Å². The van der Waals surface area contributed by atoms with Crippen molar-refractivity contribution in [3.05, 3.63) is 89.5 Å². The maximum atomic E-state index is 14.4. The van der Waals surface area contributed by atoms with Crippen molar-refractivity contribution in [3.63, 3.8) is 0 Å². The molecule has 1 atom stereocenters. The Hall–Kier alpha value is -4.48. The van der Waals surface area contributed by atoms with Gasteiger partial charge in [0.25, 0.3) is 25.8 Å². The number of thioether (sulfide) groups is 1. The minimum atomic E-state index is -6.11. The Morgan fingerprint density at radius 3 is 2.02 bits per heavy atom. The summed E-state index contributed by atoms with van der Waals surface area (Å²) in [5.41, 5.74) is -3.81. The van der Waals surface area contributed by atoms with Gasteiger partial charge in [0, 0.05) is 105 Å². The van der Waals surface area contributed by atoms with Crippen LogP contribution >= 0.6 is 11.8 Å². The topological polar surface area (TPSA) is 161 Å². The third kappa shape index (κ3) is 15.4. The van der Waals surface area contributed by atoms with Gasteiger partial charge in [0.1, 0.15) is 10.5 Å². The number of piperazine rings is 2. The van der Waals surface area contributed by atoms with Gasteiger partial charge >= 0.3 is 11.6 Å². The maximum Gasteiger partial charge on any atom is 0.501 e. The number of rotatable bonds is 24. The van der Waals surface area contributed by atoms with Gasteiger partial charge in [0.05, 0.1) is 10.6 Å². The summed E-state index contributed by atoms with van der Waals surface area (Å²) < 4.78 is 132. The number of benzene rings is 3. The molecule has 0 spiro atoms. The van der Waals surface area contributed by atoms with E-state index in [0.717, 1.165) is 120 Å². The van der Waals surface area contributed by atoms with Crippen LogP contribution in [-0.2, 0) is 24.6 Å². The van der Waals surface area contributed by atoms with E-state index in [1.165, 1.54) is 35.0 Å². The molecule has 2 amide bonds. The van der Waals surface area contributed by atoms with Crippen LogP contribution in [0.1, 0.15) is 116 Å². The van der Waals surface area contributed by atoms with E-state index in [1.54, 1.807) is 12.1 Å². The number of sulfone groups is 1. The Labute approximate surface area is 474 Å². The summed E-state index contributed by atoms with van der Waals surface area (Å²) in [5.74, 6) is -0.700. The van der Waals surface area contributed by atoms with E-state index in [4.69, 9.17) is 4.74 Å². The van der Waals surface area contributed by atoms with Crippen LogP contribution in [0.5, 0.6) is 0 Å². The fourth-order valence-electron chi connectivity index (χ4n) is 12.1. The first kappa shape index (κ1) is 61.6. The van der Waals surface area contributed by atoms with Crippen LogP contribution in [-0.4, -0.2) is 151 Å². The Morgan fingerprint density at radius 2 is 1.40 bits per heavy atom. The van der Waals surface area contributed by atoms with Crippen LogP contribution < -0.4 is 20.3 Å². The number of hydrogen-bond acceptors (Lipinski definition) is 13. The molecule has 4 aliphatic carbocycles. The molecule has 80 heavy (non-hydrogen) atoms. The van der Waals surface area contributed by atoms with Crippen LogP contribution in [0.4, 0.5) is 38.1 Å². The molecule has 3 saturated carbocycles.